The Kier molecular flexibility index (Phi) is 2.68. The van der Waals surface area contributed by atoms with Gasteiger partial charge in [-0.2, -0.15) is 0 Å². The maximum Gasteiger partial charge on any atom is 0.123 e. The highest BCUT2D eigenvalue weighted by Crippen LogP contribution is 2.35. The van der Waals surface area contributed by atoms with E-state index in [2.05, 4.69) is 35.0 Å². The Labute approximate surface area is 92.3 Å². The van der Waals surface area contributed by atoms with Gasteiger partial charge in [-0.3, -0.25) is 0 Å². The first-order valence-corrected chi connectivity index (χ1v) is 5.79. The van der Waals surface area contributed by atoms with E-state index in [4.69, 9.17) is 9.47 Å². The lowest BCUT2D eigenvalue weighted by Gasteiger charge is -2.08. The van der Waals surface area contributed by atoms with Gasteiger partial charge in [0.1, 0.15) is 17.6 Å². The molecule has 1 aromatic rings. The molecule has 14 heavy (non-hydrogen) atoms. The second-order valence-electron chi connectivity index (χ2n) is 3.54. The smallest absolute Gasteiger partial charge is 0.123 e. The summed E-state index contributed by atoms with van der Waals surface area (Å²) >= 11 is 3.44. The van der Waals surface area contributed by atoms with Gasteiger partial charge in [0.15, 0.2) is 0 Å². The minimum atomic E-state index is 0.292. The predicted molar refractivity (Wildman–Crippen MR) is 59.4 cm³/mol. The number of fused-ring (bicyclic) bond motifs is 1. The van der Waals surface area contributed by atoms with Gasteiger partial charge in [0.05, 0.1) is 7.11 Å². The fourth-order valence-electron chi connectivity index (χ4n) is 1.78. The molecule has 1 heterocycles. The van der Waals surface area contributed by atoms with Crippen molar-refractivity contribution >= 4 is 15.9 Å². The van der Waals surface area contributed by atoms with Crippen LogP contribution in [0.3, 0.4) is 0 Å². The van der Waals surface area contributed by atoms with Gasteiger partial charge in [0, 0.05) is 22.9 Å². The molecule has 0 amide bonds. The molecular formula is C11H13BrO2. The van der Waals surface area contributed by atoms with Gasteiger partial charge >= 0.3 is 0 Å². The zero-order valence-corrected chi connectivity index (χ0v) is 9.93. The van der Waals surface area contributed by atoms with Crippen molar-refractivity contribution in [2.24, 2.45) is 0 Å². The second kappa shape index (κ2) is 3.81. The third kappa shape index (κ3) is 1.61. The largest absolute Gasteiger partial charge is 0.496 e. The van der Waals surface area contributed by atoms with Crippen molar-refractivity contribution in [3.05, 3.63) is 23.3 Å². The van der Waals surface area contributed by atoms with Gasteiger partial charge in [0.2, 0.25) is 0 Å². The molecule has 0 saturated carbocycles. The van der Waals surface area contributed by atoms with E-state index in [1.165, 1.54) is 5.56 Å². The van der Waals surface area contributed by atoms with E-state index >= 15 is 0 Å². The van der Waals surface area contributed by atoms with E-state index in [1.807, 2.05) is 0 Å². The van der Waals surface area contributed by atoms with Gasteiger partial charge in [-0.1, -0.05) is 15.9 Å². The van der Waals surface area contributed by atoms with E-state index in [0.29, 0.717) is 6.10 Å². The highest BCUT2D eigenvalue weighted by atomic mass is 79.9. The van der Waals surface area contributed by atoms with Crippen LogP contribution >= 0.6 is 15.9 Å². The van der Waals surface area contributed by atoms with Crippen molar-refractivity contribution in [2.45, 2.75) is 24.8 Å². The third-order valence-corrected chi connectivity index (χ3v) is 3.05. The van der Waals surface area contributed by atoms with E-state index < -0.39 is 0 Å². The van der Waals surface area contributed by atoms with Crippen molar-refractivity contribution in [1.82, 2.24) is 0 Å². The van der Waals surface area contributed by atoms with Crippen LogP contribution in [0, 0.1) is 0 Å². The average Bonchev–Trinajstić information content (AvgIpc) is 2.54. The van der Waals surface area contributed by atoms with Crippen LogP contribution in [0.4, 0.5) is 0 Å². The van der Waals surface area contributed by atoms with Crippen LogP contribution in [-0.4, -0.2) is 13.2 Å². The highest BCUT2D eigenvalue weighted by molar-refractivity contribution is 9.08. The molecule has 1 aromatic carbocycles. The molecule has 2 rings (SSSR count). The molecule has 0 bridgehead atoms. The first kappa shape index (κ1) is 9.84. The quantitative estimate of drug-likeness (QED) is 0.758. The molecule has 0 spiro atoms. The molecule has 0 aliphatic carbocycles. The van der Waals surface area contributed by atoms with Crippen molar-refractivity contribution in [3.8, 4) is 11.5 Å². The first-order valence-electron chi connectivity index (χ1n) is 4.67. The zero-order chi connectivity index (χ0) is 10.1. The summed E-state index contributed by atoms with van der Waals surface area (Å²) in [6.07, 6.45) is 1.27. The second-order valence-corrected chi connectivity index (χ2v) is 4.10. The minimum Gasteiger partial charge on any atom is -0.496 e. The molecule has 0 saturated heterocycles. The Balaban J connectivity index is 2.43. The summed E-state index contributed by atoms with van der Waals surface area (Å²) in [5, 5.41) is 0.793. The van der Waals surface area contributed by atoms with E-state index in [-0.39, 0.29) is 0 Å². The summed E-state index contributed by atoms with van der Waals surface area (Å²) < 4.78 is 11.0. The predicted octanol–water partition coefficient (Wildman–Crippen LogP) is 2.91. The Bertz CT molecular complexity index is 316. The topological polar surface area (TPSA) is 18.5 Å². The molecule has 76 valence electrons. The molecule has 0 fully saturated rings. The summed E-state index contributed by atoms with van der Waals surface area (Å²) in [5.41, 5.74) is 2.39. The van der Waals surface area contributed by atoms with Crippen LogP contribution in [0.15, 0.2) is 12.1 Å². The third-order valence-electron chi connectivity index (χ3n) is 2.44. The van der Waals surface area contributed by atoms with E-state index in [0.717, 1.165) is 28.8 Å². The Morgan fingerprint density at radius 3 is 3.00 bits per heavy atom. The summed E-state index contributed by atoms with van der Waals surface area (Å²) in [6, 6.07) is 4.14. The van der Waals surface area contributed by atoms with Crippen LogP contribution in [-0.2, 0) is 11.8 Å². The minimum absolute atomic E-state index is 0.292. The van der Waals surface area contributed by atoms with Crippen molar-refractivity contribution in [1.29, 1.82) is 0 Å². The summed E-state index contributed by atoms with van der Waals surface area (Å²) in [4.78, 5) is 0. The van der Waals surface area contributed by atoms with Gasteiger partial charge in [-0.25, -0.2) is 0 Å². The molecule has 1 unspecified atom stereocenters. The lowest BCUT2D eigenvalue weighted by atomic mass is 10.1. The number of hydrogen-bond acceptors (Lipinski definition) is 2. The molecule has 0 N–H and O–H groups in total. The number of rotatable bonds is 2. The van der Waals surface area contributed by atoms with Gasteiger partial charge in [-0.15, -0.1) is 0 Å². The van der Waals surface area contributed by atoms with Crippen LogP contribution in [0.25, 0.3) is 0 Å². The molecule has 1 aliphatic heterocycles. The Morgan fingerprint density at radius 1 is 1.57 bits per heavy atom. The summed E-state index contributed by atoms with van der Waals surface area (Å²) in [5.74, 6) is 1.95. The fourth-order valence-corrected chi connectivity index (χ4v) is 2.21. The SMILES string of the molecule is COc1cc2c(cc1CBr)OC(C)C2. The van der Waals surface area contributed by atoms with Crippen LogP contribution in [0.5, 0.6) is 11.5 Å². The van der Waals surface area contributed by atoms with Crippen LogP contribution in [0.2, 0.25) is 0 Å². The molecule has 1 aliphatic rings. The van der Waals surface area contributed by atoms with Gasteiger partial charge in [-0.05, 0) is 19.1 Å². The normalized spacial score (nSPS) is 18.9. The molecule has 1 atom stereocenters. The maximum absolute atomic E-state index is 5.67. The standard InChI is InChI=1S/C11H13BrO2/c1-7-3-8-4-10(13-2)9(6-12)5-11(8)14-7/h4-5,7H,3,6H2,1-2H3. The molecular weight excluding hydrogens is 244 g/mol. The molecule has 2 nitrogen and oxygen atoms in total. The number of benzene rings is 1. The van der Waals surface area contributed by atoms with Crippen molar-refractivity contribution in [2.75, 3.05) is 7.11 Å². The number of methoxy groups -OCH3 is 1. The lowest BCUT2D eigenvalue weighted by Crippen LogP contribution is -2.05. The maximum atomic E-state index is 5.67. The molecule has 3 heteroatoms. The van der Waals surface area contributed by atoms with Crippen LogP contribution < -0.4 is 9.47 Å². The lowest BCUT2D eigenvalue weighted by molar-refractivity contribution is 0.254. The van der Waals surface area contributed by atoms with Crippen LogP contribution in [0.1, 0.15) is 18.1 Å². The fraction of sp³-hybridized carbons (Fsp3) is 0.455. The number of hydrogen-bond donors (Lipinski definition) is 0. The Morgan fingerprint density at radius 2 is 2.36 bits per heavy atom. The zero-order valence-electron chi connectivity index (χ0n) is 8.34. The van der Waals surface area contributed by atoms with E-state index in [9.17, 15) is 0 Å². The average molecular weight is 257 g/mol. The number of alkyl halides is 1. The van der Waals surface area contributed by atoms with Gasteiger partial charge in [0.25, 0.3) is 0 Å². The molecule has 0 aromatic heterocycles. The Hall–Kier alpha value is -0.700. The molecule has 0 radical (unpaired) electrons. The summed E-state index contributed by atoms with van der Waals surface area (Å²) in [6.45, 7) is 2.08. The van der Waals surface area contributed by atoms with Crippen molar-refractivity contribution in [3.63, 3.8) is 0 Å². The summed E-state index contributed by atoms with van der Waals surface area (Å²) in [7, 11) is 1.70. The first-order chi connectivity index (χ1) is 6.74. The van der Waals surface area contributed by atoms with E-state index in [1.54, 1.807) is 7.11 Å². The van der Waals surface area contributed by atoms with Crippen molar-refractivity contribution < 1.29 is 9.47 Å². The number of halogens is 1. The van der Waals surface area contributed by atoms with Gasteiger partial charge < -0.3 is 9.47 Å². The monoisotopic (exact) mass is 256 g/mol. The highest BCUT2D eigenvalue weighted by Gasteiger charge is 2.21. The number of ether oxygens (including phenoxy) is 2.